The molecule has 0 aromatic carbocycles. The quantitative estimate of drug-likeness (QED) is 0.319. The minimum atomic E-state index is -1.09. The summed E-state index contributed by atoms with van der Waals surface area (Å²) in [5.74, 6) is -1.09. The van der Waals surface area contributed by atoms with Crippen LogP contribution in [-0.2, 0) is 9.59 Å². The highest BCUT2D eigenvalue weighted by Gasteiger charge is 2.14. The zero-order valence-electron chi connectivity index (χ0n) is 7.19. The van der Waals surface area contributed by atoms with Gasteiger partial charge < -0.3 is 16.3 Å². The highest BCUT2D eigenvalue weighted by Crippen LogP contribution is 2.03. The second-order valence-electron chi connectivity index (χ2n) is 2.36. The number of nitrogens with zero attached hydrogens (tertiary/aromatic N) is 1. The number of unbranched alkanes of at least 4 members (excludes halogenated alkanes) is 1. The first-order valence-corrected chi connectivity index (χ1v) is 3.72. The summed E-state index contributed by atoms with van der Waals surface area (Å²) in [6.07, 6.45) is 3.00. The molecule has 13 heavy (non-hydrogen) atoms. The molecule has 0 spiro atoms. The average molecular weight is 190 g/mol. The number of hydrogen-bond acceptors (Lipinski definition) is 4. The average Bonchev–Trinajstić information content (AvgIpc) is 2.03. The molecule has 0 heterocycles. The number of hydrogen-bond donors (Lipinski definition) is 2. The molecule has 0 radical (unpaired) electrons. The van der Waals surface area contributed by atoms with E-state index in [1.54, 1.807) is 0 Å². The van der Waals surface area contributed by atoms with Gasteiger partial charge in [-0.3, -0.25) is 0 Å². The summed E-state index contributed by atoms with van der Waals surface area (Å²) in [6, 6.07) is -0.950. The van der Waals surface area contributed by atoms with Crippen molar-refractivity contribution in [1.82, 2.24) is 0 Å². The van der Waals surface area contributed by atoms with Crippen LogP contribution in [-0.4, -0.2) is 35.2 Å². The normalized spacial score (nSPS) is 10.8. The fourth-order valence-electron chi connectivity index (χ4n) is 0.789. The molecule has 0 bridgehead atoms. The zero-order chi connectivity index (χ0) is 9.40. The molecule has 0 amide bonds. The van der Waals surface area contributed by atoms with Gasteiger partial charge >= 0.3 is 5.97 Å². The summed E-state index contributed by atoms with van der Waals surface area (Å²) in [6.45, 7) is 0.525. The van der Waals surface area contributed by atoms with Crippen LogP contribution >= 0.6 is 0 Å². The molecule has 0 aliphatic heterocycles. The van der Waals surface area contributed by atoms with Crippen LogP contribution in [0.1, 0.15) is 19.3 Å². The molecule has 6 heteroatoms. The van der Waals surface area contributed by atoms with E-state index in [9.17, 15) is 9.59 Å². The molecule has 1 atom stereocenters. The van der Waals surface area contributed by atoms with E-state index in [1.165, 1.54) is 6.08 Å². The lowest BCUT2D eigenvalue weighted by molar-refractivity contribution is -0.138. The molecular weight excluding hydrogens is 176 g/mol. The summed E-state index contributed by atoms with van der Waals surface area (Å²) in [4.78, 5) is 23.3. The number of carboxylic acids is 1. The predicted octanol–water partition coefficient (Wildman–Crippen LogP) is -0.920. The van der Waals surface area contributed by atoms with E-state index in [1.807, 2.05) is 0 Å². The first-order valence-electron chi connectivity index (χ1n) is 3.72. The lowest BCUT2D eigenvalue weighted by Gasteiger charge is -2.02. The van der Waals surface area contributed by atoms with Gasteiger partial charge in [-0.15, -0.1) is 0 Å². The Morgan fingerprint density at radius 2 is 2.15 bits per heavy atom. The van der Waals surface area contributed by atoms with E-state index in [4.69, 9.17) is 10.8 Å². The fourth-order valence-corrected chi connectivity index (χ4v) is 0.789. The van der Waals surface area contributed by atoms with Crippen molar-refractivity contribution in [2.24, 2.45) is 10.7 Å². The molecule has 0 unspecified atom stereocenters. The van der Waals surface area contributed by atoms with Crippen LogP contribution in [0, 0.1) is 0 Å². The minimum absolute atomic E-state index is 0. The predicted molar refractivity (Wildman–Crippen MR) is 46.1 cm³/mol. The number of carbonyl (C=O) groups excluding carboxylic acids is 1. The van der Waals surface area contributed by atoms with E-state index >= 15 is 0 Å². The monoisotopic (exact) mass is 190 g/mol. The van der Waals surface area contributed by atoms with Crippen LogP contribution in [0.4, 0.5) is 0 Å². The van der Waals surface area contributed by atoms with Crippen LogP contribution in [0.2, 0.25) is 0 Å². The molecule has 6 nitrogen and oxygen atoms in total. The number of isocyanates is 1. The maximum absolute atomic E-state index is 10.4. The third-order valence-electron chi connectivity index (χ3n) is 1.43. The van der Waals surface area contributed by atoms with E-state index in [0.717, 1.165) is 6.42 Å². The van der Waals surface area contributed by atoms with E-state index in [0.29, 0.717) is 19.4 Å². The first-order chi connectivity index (χ1) is 5.72. The van der Waals surface area contributed by atoms with Crippen LogP contribution in [0.25, 0.3) is 0 Å². The Labute approximate surface area is 75.8 Å². The SMILES string of the molecule is NCCCC[C@H](N=C=O)C(=O)O.O. The van der Waals surface area contributed by atoms with Crippen molar-refractivity contribution in [3.05, 3.63) is 0 Å². The lowest BCUT2D eigenvalue weighted by atomic mass is 10.1. The van der Waals surface area contributed by atoms with Crippen molar-refractivity contribution >= 4 is 12.0 Å². The molecule has 0 aliphatic rings. The van der Waals surface area contributed by atoms with Gasteiger partial charge in [0, 0.05) is 0 Å². The molecule has 5 N–H and O–H groups in total. The molecule has 0 saturated carbocycles. The zero-order valence-corrected chi connectivity index (χ0v) is 7.19. The van der Waals surface area contributed by atoms with Crippen LogP contribution < -0.4 is 5.73 Å². The van der Waals surface area contributed by atoms with Gasteiger partial charge in [0.1, 0.15) is 0 Å². The Kier molecular flexibility index (Phi) is 9.75. The second-order valence-corrected chi connectivity index (χ2v) is 2.36. The molecule has 0 aromatic rings. The Morgan fingerprint density at radius 3 is 2.54 bits per heavy atom. The highest BCUT2D eigenvalue weighted by molar-refractivity contribution is 5.74. The molecule has 76 valence electrons. The molecule has 0 rings (SSSR count). The van der Waals surface area contributed by atoms with Crippen molar-refractivity contribution in [1.29, 1.82) is 0 Å². The molecule has 0 aromatic heterocycles. The van der Waals surface area contributed by atoms with Crippen LogP contribution in [0.15, 0.2) is 4.99 Å². The molecule has 0 fully saturated rings. The molecular formula is C7H14N2O4. The number of carbonyl (C=O) groups is 1. The van der Waals surface area contributed by atoms with E-state index < -0.39 is 12.0 Å². The van der Waals surface area contributed by atoms with Gasteiger partial charge in [0.05, 0.1) is 0 Å². The van der Waals surface area contributed by atoms with Gasteiger partial charge in [0.25, 0.3) is 0 Å². The summed E-state index contributed by atoms with van der Waals surface area (Å²) in [5.41, 5.74) is 5.21. The second kappa shape index (κ2) is 8.86. The Balaban J connectivity index is 0. The van der Waals surface area contributed by atoms with Gasteiger partial charge in [-0.1, -0.05) is 0 Å². The van der Waals surface area contributed by atoms with Crippen molar-refractivity contribution in [2.45, 2.75) is 25.3 Å². The maximum atomic E-state index is 10.4. The smallest absolute Gasteiger partial charge is 0.329 e. The first kappa shape index (κ1) is 14.3. The van der Waals surface area contributed by atoms with E-state index in [2.05, 4.69) is 4.99 Å². The summed E-state index contributed by atoms with van der Waals surface area (Å²) < 4.78 is 0. The van der Waals surface area contributed by atoms with Crippen molar-refractivity contribution < 1.29 is 20.2 Å². The largest absolute Gasteiger partial charge is 0.480 e. The third kappa shape index (κ3) is 7.14. The van der Waals surface area contributed by atoms with Gasteiger partial charge in [0.15, 0.2) is 6.04 Å². The number of rotatable bonds is 6. The lowest BCUT2D eigenvalue weighted by Crippen LogP contribution is -2.17. The number of nitrogens with two attached hydrogens (primary N) is 1. The van der Waals surface area contributed by atoms with Crippen molar-refractivity contribution in [3.63, 3.8) is 0 Å². The number of aliphatic imine (C=N–C) groups is 1. The standard InChI is InChI=1S/C7H12N2O3.H2O/c8-4-2-1-3-6(7(11)12)9-5-10;/h6H,1-4,8H2,(H,11,12);1H2/t6-;/m0./s1. The number of carboxylic acid groups (broad SMARTS) is 1. The Morgan fingerprint density at radius 1 is 1.54 bits per heavy atom. The maximum Gasteiger partial charge on any atom is 0.329 e. The third-order valence-corrected chi connectivity index (χ3v) is 1.43. The summed E-state index contributed by atoms with van der Waals surface area (Å²) in [5, 5.41) is 8.50. The van der Waals surface area contributed by atoms with Gasteiger partial charge in [-0.05, 0) is 25.8 Å². The van der Waals surface area contributed by atoms with Crippen LogP contribution in [0.3, 0.4) is 0 Å². The van der Waals surface area contributed by atoms with Crippen molar-refractivity contribution in [2.75, 3.05) is 6.54 Å². The van der Waals surface area contributed by atoms with Gasteiger partial charge in [-0.25, -0.2) is 9.59 Å². The van der Waals surface area contributed by atoms with Crippen LogP contribution in [0.5, 0.6) is 0 Å². The number of aliphatic carboxylic acids is 1. The minimum Gasteiger partial charge on any atom is -0.480 e. The van der Waals surface area contributed by atoms with Gasteiger partial charge in [-0.2, -0.15) is 4.99 Å². The van der Waals surface area contributed by atoms with Crippen molar-refractivity contribution in [3.8, 4) is 0 Å². The van der Waals surface area contributed by atoms with Gasteiger partial charge in [0.2, 0.25) is 6.08 Å². The molecule has 0 aliphatic carbocycles. The molecule has 0 saturated heterocycles. The topological polar surface area (TPSA) is 124 Å². The Bertz CT molecular complexity index is 187. The highest BCUT2D eigenvalue weighted by atomic mass is 16.4. The summed E-state index contributed by atoms with van der Waals surface area (Å²) >= 11 is 0. The summed E-state index contributed by atoms with van der Waals surface area (Å²) in [7, 11) is 0. The fraction of sp³-hybridized carbons (Fsp3) is 0.714. The Hall–Kier alpha value is -1.23. The van der Waals surface area contributed by atoms with E-state index in [-0.39, 0.29) is 5.48 Å².